The van der Waals surface area contributed by atoms with E-state index in [1.807, 2.05) is 0 Å². The Hall–Kier alpha value is 0. The maximum absolute atomic E-state index is 10.6. The van der Waals surface area contributed by atoms with Crippen molar-refractivity contribution in [3.63, 3.8) is 0 Å². The van der Waals surface area contributed by atoms with Crippen molar-refractivity contribution in [3.05, 3.63) is 6.54 Å². The van der Waals surface area contributed by atoms with Crippen LogP contribution in [-0.4, -0.2) is 21.9 Å². The molecule has 0 fully saturated rings. The molecule has 0 saturated heterocycles. The quantitative estimate of drug-likeness (QED) is 0.598. The molecule has 0 aromatic heterocycles. The molecule has 0 bridgehead atoms. The van der Waals surface area contributed by atoms with Crippen LogP contribution in [0.1, 0.15) is 13.3 Å². The van der Waals surface area contributed by atoms with Gasteiger partial charge in [-0.05, 0) is 13.3 Å². The van der Waals surface area contributed by atoms with Crippen molar-refractivity contribution in [1.29, 1.82) is 0 Å². The van der Waals surface area contributed by atoms with E-state index in [9.17, 15) is 4.79 Å². The third-order valence-electron chi connectivity index (χ3n) is 1.13. The Bertz CT molecular complexity index is 108. The number of urea groups is 1. The van der Waals surface area contributed by atoms with Gasteiger partial charge in [0.1, 0.15) is 0 Å². The first-order valence-electron chi connectivity index (χ1n) is 3.14. The number of primary amides is 1. The molecule has 2 N–H and O–H groups in total. The van der Waals surface area contributed by atoms with Crippen LogP contribution in [0.2, 0.25) is 0 Å². The molecular weight excluding hydrogens is 243 g/mol. The van der Waals surface area contributed by atoms with Gasteiger partial charge < -0.3 is 10.6 Å². The molecule has 1 radical (unpaired) electrons. The summed E-state index contributed by atoms with van der Waals surface area (Å²) in [4.78, 5) is 12.1. The zero-order chi connectivity index (χ0) is 7.98. The molecule has 0 aliphatic carbocycles. The third kappa shape index (κ3) is 3.92. The summed E-state index contributed by atoms with van der Waals surface area (Å²) >= 11 is 2.27. The van der Waals surface area contributed by atoms with Gasteiger partial charge in [0.05, 0.1) is 6.54 Å². The number of carbonyl (C=O) groups is 1. The van der Waals surface area contributed by atoms with Crippen LogP contribution in [0, 0.1) is 6.54 Å². The molecule has 0 aliphatic rings. The Morgan fingerprint density at radius 3 is 2.70 bits per heavy atom. The number of nitrogens with two attached hydrogens (primary N) is 1. The summed E-state index contributed by atoms with van der Waals surface area (Å²) in [5.41, 5.74) is 5.04. The second-order valence-corrected chi connectivity index (χ2v) is 2.91. The highest BCUT2D eigenvalue weighted by atomic mass is 127. The molecule has 2 amide bonds. The maximum Gasteiger partial charge on any atom is 0.315 e. The van der Waals surface area contributed by atoms with Crippen LogP contribution in [0.5, 0.6) is 0 Å². The van der Waals surface area contributed by atoms with Gasteiger partial charge in [-0.15, -0.1) is 0 Å². The van der Waals surface area contributed by atoms with E-state index in [4.69, 9.17) is 5.73 Å². The third-order valence-corrected chi connectivity index (χ3v) is 1.89. The molecule has 0 heterocycles. The van der Waals surface area contributed by atoms with E-state index in [1.54, 1.807) is 13.5 Å². The molecular formula is C6H12IN2O. The maximum atomic E-state index is 10.6. The Balaban J connectivity index is 3.50. The van der Waals surface area contributed by atoms with Gasteiger partial charge in [-0.1, -0.05) is 22.6 Å². The largest absolute Gasteiger partial charge is 0.351 e. The smallest absolute Gasteiger partial charge is 0.315 e. The summed E-state index contributed by atoms with van der Waals surface area (Å²) in [6, 6.07) is -0.368. The van der Waals surface area contributed by atoms with Gasteiger partial charge in [0.2, 0.25) is 0 Å². The fourth-order valence-electron chi connectivity index (χ4n) is 0.597. The molecule has 0 spiro atoms. The minimum atomic E-state index is -0.368. The highest BCUT2D eigenvalue weighted by Crippen LogP contribution is 1.96. The van der Waals surface area contributed by atoms with Crippen LogP contribution in [0.4, 0.5) is 4.79 Å². The summed E-state index contributed by atoms with van der Waals surface area (Å²) < 4.78 is 1.05. The predicted molar refractivity (Wildman–Crippen MR) is 49.8 cm³/mol. The minimum Gasteiger partial charge on any atom is -0.351 e. The number of halogens is 1. The Labute approximate surface area is 75.1 Å². The minimum absolute atomic E-state index is 0.368. The van der Waals surface area contributed by atoms with Crippen molar-refractivity contribution in [1.82, 2.24) is 4.90 Å². The average Bonchev–Trinajstić information content (AvgIpc) is 1.89. The second kappa shape index (κ2) is 5.76. The predicted octanol–water partition coefficient (Wildman–Crippen LogP) is 1.37. The van der Waals surface area contributed by atoms with E-state index in [0.717, 1.165) is 17.4 Å². The van der Waals surface area contributed by atoms with Crippen molar-refractivity contribution in [2.45, 2.75) is 13.3 Å². The Kier molecular flexibility index (Phi) is 5.76. The standard InChI is InChI=1S/C6H12IN2O/c1-2-9(6(8)10)5-3-4-7/h2H,3-5H2,1H3,(H2,8,10). The first-order chi connectivity index (χ1) is 4.72. The summed E-state index contributed by atoms with van der Waals surface area (Å²) in [5, 5.41) is 0. The van der Waals surface area contributed by atoms with Gasteiger partial charge in [-0.3, -0.25) is 0 Å². The molecule has 4 heteroatoms. The molecule has 0 aromatic rings. The first kappa shape index (κ1) is 10.0. The van der Waals surface area contributed by atoms with Gasteiger partial charge in [0.25, 0.3) is 0 Å². The first-order valence-corrected chi connectivity index (χ1v) is 4.66. The topological polar surface area (TPSA) is 46.3 Å². The summed E-state index contributed by atoms with van der Waals surface area (Å²) in [7, 11) is 0. The van der Waals surface area contributed by atoms with Crippen molar-refractivity contribution in [2.24, 2.45) is 5.73 Å². The van der Waals surface area contributed by atoms with E-state index < -0.39 is 0 Å². The average molecular weight is 255 g/mol. The van der Waals surface area contributed by atoms with Crippen LogP contribution in [0.15, 0.2) is 0 Å². The molecule has 0 atom stereocenters. The Morgan fingerprint density at radius 1 is 1.80 bits per heavy atom. The van der Waals surface area contributed by atoms with Crippen LogP contribution in [0.3, 0.4) is 0 Å². The summed E-state index contributed by atoms with van der Waals surface area (Å²) in [6.07, 6.45) is 0.994. The van der Waals surface area contributed by atoms with Crippen LogP contribution in [0.25, 0.3) is 0 Å². The lowest BCUT2D eigenvalue weighted by Crippen LogP contribution is -2.33. The van der Waals surface area contributed by atoms with Crippen LogP contribution >= 0.6 is 22.6 Å². The van der Waals surface area contributed by atoms with E-state index in [1.165, 1.54) is 4.90 Å². The molecule has 10 heavy (non-hydrogen) atoms. The van der Waals surface area contributed by atoms with Gasteiger partial charge in [-0.2, -0.15) is 0 Å². The fraction of sp³-hybridized carbons (Fsp3) is 0.667. The SMILES string of the molecule is C[CH]N(CCCI)C(N)=O. The highest BCUT2D eigenvalue weighted by molar-refractivity contribution is 14.1. The number of rotatable bonds is 4. The molecule has 0 aliphatic heterocycles. The number of amides is 2. The number of nitrogens with zero attached hydrogens (tertiary/aromatic N) is 1. The fourth-order valence-corrected chi connectivity index (χ4v) is 0.938. The summed E-state index contributed by atoms with van der Waals surface area (Å²) in [6.45, 7) is 4.24. The number of hydrogen-bond acceptors (Lipinski definition) is 1. The molecule has 0 rings (SSSR count). The lowest BCUT2D eigenvalue weighted by Gasteiger charge is -2.16. The Morgan fingerprint density at radius 2 is 2.40 bits per heavy atom. The zero-order valence-electron chi connectivity index (χ0n) is 6.01. The number of hydrogen-bond donors (Lipinski definition) is 1. The van der Waals surface area contributed by atoms with E-state index in [0.29, 0.717) is 0 Å². The molecule has 0 unspecified atom stereocenters. The van der Waals surface area contributed by atoms with E-state index in [2.05, 4.69) is 22.6 Å². The molecule has 0 saturated carbocycles. The van der Waals surface area contributed by atoms with Crippen LogP contribution in [-0.2, 0) is 0 Å². The van der Waals surface area contributed by atoms with E-state index >= 15 is 0 Å². The normalized spacial score (nSPS) is 9.40. The lowest BCUT2D eigenvalue weighted by molar-refractivity contribution is 0.219. The number of carbonyl (C=O) groups excluding carboxylic acids is 1. The van der Waals surface area contributed by atoms with Crippen molar-refractivity contribution >= 4 is 28.6 Å². The van der Waals surface area contributed by atoms with Crippen molar-refractivity contribution in [3.8, 4) is 0 Å². The van der Waals surface area contributed by atoms with Gasteiger partial charge in [-0.25, -0.2) is 4.79 Å². The zero-order valence-corrected chi connectivity index (χ0v) is 8.17. The summed E-state index contributed by atoms with van der Waals surface area (Å²) in [5.74, 6) is 0. The highest BCUT2D eigenvalue weighted by Gasteiger charge is 2.04. The molecule has 3 nitrogen and oxygen atoms in total. The molecule has 0 aromatic carbocycles. The monoisotopic (exact) mass is 255 g/mol. The van der Waals surface area contributed by atoms with Crippen molar-refractivity contribution in [2.75, 3.05) is 11.0 Å². The van der Waals surface area contributed by atoms with Crippen LogP contribution < -0.4 is 5.73 Å². The molecule has 59 valence electrons. The second-order valence-electron chi connectivity index (χ2n) is 1.83. The van der Waals surface area contributed by atoms with Gasteiger partial charge >= 0.3 is 6.03 Å². The number of alkyl halides is 1. The van der Waals surface area contributed by atoms with Crippen molar-refractivity contribution < 1.29 is 4.79 Å². The lowest BCUT2D eigenvalue weighted by atomic mass is 10.4. The van der Waals surface area contributed by atoms with E-state index in [-0.39, 0.29) is 6.03 Å². The van der Waals surface area contributed by atoms with Gasteiger partial charge in [0.15, 0.2) is 0 Å². The van der Waals surface area contributed by atoms with Gasteiger partial charge in [0, 0.05) is 11.0 Å².